The van der Waals surface area contributed by atoms with Crippen LogP contribution in [0.2, 0.25) is 0 Å². The number of aryl methyl sites for hydroxylation is 3. The van der Waals surface area contributed by atoms with Crippen molar-refractivity contribution in [3.63, 3.8) is 0 Å². The highest BCUT2D eigenvalue weighted by Crippen LogP contribution is 2.23. The fraction of sp³-hybridized carbons (Fsp3) is 0.375. The number of carbonyl (C=O) groups excluding carboxylic acids is 1. The monoisotopic (exact) mass is 468 g/mol. The summed E-state index contributed by atoms with van der Waals surface area (Å²) in [5.41, 5.74) is 3.69. The van der Waals surface area contributed by atoms with Gasteiger partial charge in [0.2, 0.25) is 11.8 Å². The lowest BCUT2D eigenvalue weighted by Gasteiger charge is -2.37. The molecule has 9 heteroatoms. The van der Waals surface area contributed by atoms with Crippen molar-refractivity contribution in [3.8, 4) is 0 Å². The van der Waals surface area contributed by atoms with Crippen molar-refractivity contribution >= 4 is 21.4 Å². The van der Waals surface area contributed by atoms with Crippen molar-refractivity contribution in [2.45, 2.75) is 37.3 Å². The van der Waals surface area contributed by atoms with Gasteiger partial charge < -0.3 is 14.3 Å². The second-order valence-electron chi connectivity index (χ2n) is 8.33. The van der Waals surface area contributed by atoms with Crippen LogP contribution in [0, 0.1) is 13.8 Å². The number of anilines is 1. The molecule has 2 aromatic carbocycles. The van der Waals surface area contributed by atoms with E-state index in [1.165, 1.54) is 28.9 Å². The number of hydrogen-bond donors (Lipinski definition) is 0. The van der Waals surface area contributed by atoms with Crippen molar-refractivity contribution in [1.82, 2.24) is 15.0 Å². The lowest BCUT2D eigenvalue weighted by atomic mass is 10.1. The molecule has 3 aromatic rings. The average molecular weight is 469 g/mol. The van der Waals surface area contributed by atoms with E-state index < -0.39 is 9.84 Å². The van der Waals surface area contributed by atoms with Crippen LogP contribution in [0.15, 0.2) is 57.9 Å². The lowest BCUT2D eigenvalue weighted by molar-refractivity contribution is -0.131. The summed E-state index contributed by atoms with van der Waals surface area (Å²) in [7, 11) is -3.55. The third kappa shape index (κ3) is 5.60. The number of hydrogen-bond acceptors (Lipinski definition) is 7. The first kappa shape index (κ1) is 23.0. The zero-order chi connectivity index (χ0) is 23.4. The molecule has 1 amide bonds. The van der Waals surface area contributed by atoms with Gasteiger partial charge in [-0.15, -0.1) is 0 Å². The molecular formula is C24H28N4O4S. The first-order valence-electron chi connectivity index (χ1n) is 11.0. The van der Waals surface area contributed by atoms with Gasteiger partial charge in [0.15, 0.2) is 15.7 Å². The van der Waals surface area contributed by atoms with Crippen molar-refractivity contribution in [3.05, 3.63) is 71.4 Å². The van der Waals surface area contributed by atoms with Gasteiger partial charge in [-0.2, -0.15) is 4.98 Å². The Bertz CT molecular complexity index is 1220. The highest BCUT2D eigenvalue weighted by Gasteiger charge is 2.23. The van der Waals surface area contributed by atoms with E-state index in [-0.39, 0.29) is 41.1 Å². The maximum absolute atomic E-state index is 12.7. The smallest absolute Gasteiger partial charge is 0.227 e. The predicted octanol–water partition coefficient (Wildman–Crippen LogP) is 2.94. The molecule has 0 aliphatic carbocycles. The van der Waals surface area contributed by atoms with Gasteiger partial charge in [-0.1, -0.05) is 35.5 Å². The van der Waals surface area contributed by atoms with Crippen molar-refractivity contribution in [2.75, 3.05) is 31.1 Å². The van der Waals surface area contributed by atoms with Crippen LogP contribution in [0.5, 0.6) is 0 Å². The average Bonchev–Trinajstić information content (AvgIpc) is 3.26. The molecule has 1 fully saturated rings. The van der Waals surface area contributed by atoms with E-state index in [4.69, 9.17) is 4.52 Å². The largest absolute Gasteiger partial charge is 0.368 e. The van der Waals surface area contributed by atoms with Crippen LogP contribution >= 0.6 is 0 Å². The molecular weight excluding hydrogens is 440 g/mol. The van der Waals surface area contributed by atoms with E-state index in [0.29, 0.717) is 13.1 Å². The maximum atomic E-state index is 12.7. The van der Waals surface area contributed by atoms with Crippen LogP contribution in [-0.2, 0) is 26.8 Å². The molecule has 2 heterocycles. The lowest BCUT2D eigenvalue weighted by Crippen LogP contribution is -2.49. The van der Waals surface area contributed by atoms with E-state index >= 15 is 0 Å². The van der Waals surface area contributed by atoms with Gasteiger partial charge in [0.05, 0.1) is 4.90 Å². The third-order valence-electron chi connectivity index (χ3n) is 5.82. The summed E-state index contributed by atoms with van der Waals surface area (Å²) >= 11 is 0. The van der Waals surface area contributed by atoms with Crippen LogP contribution < -0.4 is 4.90 Å². The molecule has 1 aliphatic heterocycles. The number of carbonyl (C=O) groups is 1. The van der Waals surface area contributed by atoms with Gasteiger partial charge >= 0.3 is 0 Å². The second-order valence-corrected chi connectivity index (χ2v) is 10.3. The Labute approximate surface area is 194 Å². The van der Waals surface area contributed by atoms with Crippen molar-refractivity contribution in [2.24, 2.45) is 0 Å². The third-order valence-corrected chi connectivity index (χ3v) is 7.45. The van der Waals surface area contributed by atoms with Crippen LogP contribution in [0.3, 0.4) is 0 Å². The molecule has 1 aromatic heterocycles. The van der Waals surface area contributed by atoms with E-state index in [9.17, 15) is 13.2 Å². The van der Waals surface area contributed by atoms with Crippen LogP contribution in [-0.4, -0.2) is 55.5 Å². The number of benzene rings is 2. The van der Waals surface area contributed by atoms with Gasteiger partial charge in [0, 0.05) is 44.7 Å². The Morgan fingerprint density at radius 2 is 1.76 bits per heavy atom. The standard InChI is InChI=1S/C24H28N4O4S/c1-18-8-9-19(2)21(16-18)27-12-14-28(15-13-27)24(29)11-10-23-25-22(26-32-23)17-33(30,31)20-6-4-3-5-7-20/h3-9,16H,10-15,17H2,1-2H3. The second kappa shape index (κ2) is 9.74. The Morgan fingerprint density at radius 3 is 2.48 bits per heavy atom. The molecule has 1 aliphatic rings. The molecule has 0 N–H and O–H groups in total. The van der Waals surface area contributed by atoms with Gasteiger partial charge in [-0.05, 0) is 43.2 Å². The quantitative estimate of drug-likeness (QED) is 0.526. The molecule has 0 spiro atoms. The summed E-state index contributed by atoms with van der Waals surface area (Å²) in [6.07, 6.45) is 0.533. The summed E-state index contributed by atoms with van der Waals surface area (Å²) in [6, 6.07) is 14.6. The minimum absolute atomic E-state index is 0.0345. The normalized spacial score (nSPS) is 14.5. The summed E-state index contributed by atoms with van der Waals surface area (Å²) in [4.78, 5) is 21.2. The first-order valence-corrected chi connectivity index (χ1v) is 12.7. The zero-order valence-corrected chi connectivity index (χ0v) is 19.7. The van der Waals surface area contributed by atoms with E-state index in [1.54, 1.807) is 18.2 Å². The molecule has 0 atom stereocenters. The topological polar surface area (TPSA) is 96.6 Å². The number of sulfone groups is 1. The van der Waals surface area contributed by atoms with Crippen LogP contribution in [0.25, 0.3) is 0 Å². The first-order chi connectivity index (χ1) is 15.8. The van der Waals surface area contributed by atoms with E-state index in [0.717, 1.165) is 13.1 Å². The molecule has 4 rings (SSSR count). The Kier molecular flexibility index (Phi) is 6.78. The van der Waals surface area contributed by atoms with Gasteiger partial charge in [0.1, 0.15) is 5.75 Å². The summed E-state index contributed by atoms with van der Waals surface area (Å²) < 4.78 is 30.1. The Morgan fingerprint density at radius 1 is 1.03 bits per heavy atom. The van der Waals surface area contributed by atoms with Crippen LogP contribution in [0.4, 0.5) is 5.69 Å². The summed E-state index contributed by atoms with van der Waals surface area (Å²) in [5.74, 6) is 0.0702. The zero-order valence-electron chi connectivity index (χ0n) is 18.9. The van der Waals surface area contributed by atoms with E-state index in [2.05, 4.69) is 47.1 Å². The number of rotatable bonds is 7. The van der Waals surface area contributed by atoms with Crippen molar-refractivity contribution < 1.29 is 17.7 Å². The number of aromatic nitrogens is 2. The number of nitrogens with zero attached hydrogens (tertiary/aromatic N) is 4. The number of amides is 1. The maximum Gasteiger partial charge on any atom is 0.227 e. The fourth-order valence-electron chi connectivity index (χ4n) is 3.96. The minimum Gasteiger partial charge on any atom is -0.368 e. The van der Waals surface area contributed by atoms with Gasteiger partial charge in [-0.3, -0.25) is 4.79 Å². The van der Waals surface area contributed by atoms with Gasteiger partial charge in [0.25, 0.3) is 0 Å². The molecule has 0 radical (unpaired) electrons. The molecule has 0 bridgehead atoms. The number of piperazine rings is 1. The molecule has 0 saturated carbocycles. The highest BCUT2D eigenvalue weighted by molar-refractivity contribution is 7.90. The summed E-state index contributed by atoms with van der Waals surface area (Å²) in [6.45, 7) is 7.10. The molecule has 174 valence electrons. The van der Waals surface area contributed by atoms with Crippen molar-refractivity contribution in [1.29, 1.82) is 0 Å². The predicted molar refractivity (Wildman–Crippen MR) is 125 cm³/mol. The Balaban J connectivity index is 1.28. The molecule has 1 saturated heterocycles. The Hall–Kier alpha value is -3.20. The highest BCUT2D eigenvalue weighted by atomic mass is 32.2. The molecule has 0 unspecified atom stereocenters. The fourth-order valence-corrected chi connectivity index (χ4v) is 5.16. The minimum atomic E-state index is -3.55. The van der Waals surface area contributed by atoms with Gasteiger partial charge in [-0.25, -0.2) is 8.42 Å². The molecule has 33 heavy (non-hydrogen) atoms. The van der Waals surface area contributed by atoms with E-state index in [1.807, 2.05) is 4.90 Å². The summed E-state index contributed by atoms with van der Waals surface area (Å²) in [5, 5.41) is 3.78. The SMILES string of the molecule is Cc1ccc(C)c(N2CCN(C(=O)CCc3nc(CS(=O)(=O)c4ccccc4)no3)CC2)c1. The van der Waals surface area contributed by atoms with Crippen LogP contribution in [0.1, 0.15) is 29.3 Å². The molecule has 8 nitrogen and oxygen atoms in total.